The molecule has 0 aliphatic carbocycles. The number of benzene rings is 3. The van der Waals surface area contributed by atoms with Gasteiger partial charge >= 0.3 is 0 Å². The number of hydrogen-bond donors (Lipinski definition) is 0. The summed E-state index contributed by atoms with van der Waals surface area (Å²) in [5.41, 5.74) is 4.42. The first-order valence-corrected chi connectivity index (χ1v) is 12.1. The molecule has 0 amide bonds. The quantitative estimate of drug-likeness (QED) is 0.462. The molecule has 0 atom stereocenters. The van der Waals surface area contributed by atoms with Crippen molar-refractivity contribution in [3.63, 3.8) is 0 Å². The Kier molecular flexibility index (Phi) is 5.02. The average molecular weight is 443 g/mol. The molecule has 1 aromatic heterocycles. The molecule has 0 radical (unpaired) electrons. The number of para-hydroxylation sites is 1. The monoisotopic (exact) mass is 442 g/mol. The van der Waals surface area contributed by atoms with Crippen LogP contribution in [0.15, 0.2) is 82.5 Å². The molecule has 0 N–H and O–H groups in total. The van der Waals surface area contributed by atoms with Crippen LogP contribution < -0.4 is 5.56 Å². The number of aryl methyl sites for hydroxylation is 2. The summed E-state index contributed by atoms with van der Waals surface area (Å²) in [6, 6.07) is 22.0. The van der Waals surface area contributed by atoms with E-state index in [9.17, 15) is 13.2 Å². The van der Waals surface area contributed by atoms with Crippen molar-refractivity contribution < 1.29 is 8.42 Å². The molecule has 5 nitrogen and oxygen atoms in total. The summed E-state index contributed by atoms with van der Waals surface area (Å²) in [6.07, 6.45) is 2.82. The SMILES string of the molecule is Cc1ccc(S(=O)(=O)Cc2ccc(/C=C3\CCn4c3nc(=O)c3ccccc34)cc2)cc1. The lowest BCUT2D eigenvalue weighted by molar-refractivity contribution is 0.595. The number of hydrogen-bond acceptors (Lipinski definition) is 4. The number of fused-ring (bicyclic) bond motifs is 3. The van der Waals surface area contributed by atoms with Crippen molar-refractivity contribution >= 4 is 32.4 Å². The minimum absolute atomic E-state index is 0.0430. The largest absolute Gasteiger partial charge is 0.325 e. The van der Waals surface area contributed by atoms with Crippen molar-refractivity contribution in [1.82, 2.24) is 9.55 Å². The van der Waals surface area contributed by atoms with Crippen LogP contribution in [0.1, 0.15) is 28.9 Å². The van der Waals surface area contributed by atoms with Crippen LogP contribution >= 0.6 is 0 Å². The zero-order valence-electron chi connectivity index (χ0n) is 17.7. The van der Waals surface area contributed by atoms with Gasteiger partial charge in [-0.15, -0.1) is 0 Å². The third-order valence-electron chi connectivity index (χ3n) is 5.84. The number of allylic oxidation sites excluding steroid dienone is 1. The van der Waals surface area contributed by atoms with Crippen LogP contribution in [0.2, 0.25) is 0 Å². The van der Waals surface area contributed by atoms with E-state index in [-0.39, 0.29) is 11.3 Å². The molecule has 0 bridgehead atoms. The van der Waals surface area contributed by atoms with Gasteiger partial charge in [-0.3, -0.25) is 4.79 Å². The smallest absolute Gasteiger partial charge is 0.281 e. The molecular weight excluding hydrogens is 420 g/mol. The minimum atomic E-state index is -3.39. The standard InChI is InChI=1S/C26H22N2O3S/c1-18-6-12-22(13-7-18)32(30,31)17-20-10-8-19(9-11-20)16-21-14-15-28-24-5-3-2-4-23(24)26(29)27-25(21)28/h2-13,16H,14-15,17H2,1H3/b21-16+. The molecule has 4 aromatic rings. The third kappa shape index (κ3) is 3.78. The zero-order valence-corrected chi connectivity index (χ0v) is 18.5. The van der Waals surface area contributed by atoms with Gasteiger partial charge in [0.15, 0.2) is 9.84 Å². The van der Waals surface area contributed by atoms with Gasteiger partial charge in [-0.1, -0.05) is 54.1 Å². The molecule has 5 rings (SSSR count). The fourth-order valence-electron chi connectivity index (χ4n) is 4.13. The molecule has 0 unspecified atom stereocenters. The van der Waals surface area contributed by atoms with E-state index >= 15 is 0 Å². The topological polar surface area (TPSA) is 69.0 Å². The highest BCUT2D eigenvalue weighted by Gasteiger charge is 2.20. The normalized spacial score (nSPS) is 14.7. The summed E-state index contributed by atoms with van der Waals surface area (Å²) in [6.45, 7) is 2.71. The van der Waals surface area contributed by atoms with Crippen molar-refractivity contribution in [1.29, 1.82) is 0 Å². The Bertz CT molecular complexity index is 1510. The highest BCUT2D eigenvalue weighted by Crippen LogP contribution is 2.29. The predicted molar refractivity (Wildman–Crippen MR) is 127 cm³/mol. The second kappa shape index (κ2) is 7.88. The summed E-state index contributed by atoms with van der Waals surface area (Å²) in [5.74, 6) is 0.665. The van der Waals surface area contributed by atoms with Crippen LogP contribution in [-0.2, 0) is 22.1 Å². The van der Waals surface area contributed by atoms with Gasteiger partial charge in [0, 0.05) is 6.54 Å². The second-order valence-corrected chi connectivity index (χ2v) is 10.1. The Morgan fingerprint density at radius 2 is 1.69 bits per heavy atom. The molecule has 32 heavy (non-hydrogen) atoms. The maximum atomic E-state index is 12.7. The first-order chi connectivity index (χ1) is 15.4. The molecule has 160 valence electrons. The third-order valence-corrected chi connectivity index (χ3v) is 7.54. The van der Waals surface area contributed by atoms with Crippen molar-refractivity contribution in [3.8, 4) is 0 Å². The van der Waals surface area contributed by atoms with Crippen LogP contribution in [-0.4, -0.2) is 18.0 Å². The Morgan fingerprint density at radius 3 is 2.44 bits per heavy atom. The molecule has 0 spiro atoms. The van der Waals surface area contributed by atoms with Gasteiger partial charge in [0.2, 0.25) is 0 Å². The maximum absolute atomic E-state index is 12.7. The molecule has 6 heteroatoms. The molecule has 0 saturated heterocycles. The van der Waals surface area contributed by atoms with Gasteiger partial charge in [-0.05, 0) is 60.4 Å². The van der Waals surface area contributed by atoms with Gasteiger partial charge in [0.1, 0.15) is 5.82 Å². The van der Waals surface area contributed by atoms with Gasteiger partial charge < -0.3 is 4.57 Å². The van der Waals surface area contributed by atoms with Gasteiger partial charge in [-0.25, -0.2) is 8.42 Å². The van der Waals surface area contributed by atoms with E-state index in [0.29, 0.717) is 16.1 Å². The number of nitrogens with zero attached hydrogens (tertiary/aromatic N) is 2. The van der Waals surface area contributed by atoms with Crippen LogP contribution in [0.3, 0.4) is 0 Å². The fourth-order valence-corrected chi connectivity index (χ4v) is 5.48. The van der Waals surface area contributed by atoms with Crippen molar-refractivity contribution in [2.24, 2.45) is 0 Å². The summed E-state index contributed by atoms with van der Waals surface area (Å²) >= 11 is 0. The van der Waals surface area contributed by atoms with E-state index in [4.69, 9.17) is 0 Å². The highest BCUT2D eigenvalue weighted by molar-refractivity contribution is 7.90. The summed E-state index contributed by atoms with van der Waals surface area (Å²) in [7, 11) is -3.39. The molecule has 3 aromatic carbocycles. The lowest BCUT2D eigenvalue weighted by Gasteiger charge is -2.08. The first-order valence-electron chi connectivity index (χ1n) is 10.5. The van der Waals surface area contributed by atoms with Gasteiger partial charge in [-0.2, -0.15) is 4.98 Å². The van der Waals surface area contributed by atoms with Gasteiger partial charge in [0.05, 0.1) is 21.6 Å². The first kappa shape index (κ1) is 20.4. The van der Waals surface area contributed by atoms with Crippen LogP contribution in [0, 0.1) is 6.92 Å². The van der Waals surface area contributed by atoms with E-state index in [0.717, 1.165) is 40.7 Å². The number of sulfone groups is 1. The van der Waals surface area contributed by atoms with E-state index in [1.807, 2.05) is 73.7 Å². The fraction of sp³-hybridized carbons (Fsp3) is 0.154. The van der Waals surface area contributed by atoms with Crippen molar-refractivity contribution in [2.75, 3.05) is 0 Å². The van der Waals surface area contributed by atoms with E-state index in [1.165, 1.54) is 0 Å². The Morgan fingerprint density at radius 1 is 0.969 bits per heavy atom. The highest BCUT2D eigenvalue weighted by atomic mass is 32.2. The maximum Gasteiger partial charge on any atom is 0.281 e. The minimum Gasteiger partial charge on any atom is -0.325 e. The lowest BCUT2D eigenvalue weighted by atomic mass is 10.1. The van der Waals surface area contributed by atoms with Crippen LogP contribution in [0.5, 0.6) is 0 Å². The van der Waals surface area contributed by atoms with Crippen molar-refractivity contribution in [3.05, 3.63) is 106 Å². The Labute approximate surface area is 186 Å². The van der Waals surface area contributed by atoms with E-state index in [2.05, 4.69) is 9.55 Å². The molecule has 0 saturated carbocycles. The number of rotatable bonds is 4. The molecule has 1 aliphatic heterocycles. The van der Waals surface area contributed by atoms with E-state index < -0.39 is 9.84 Å². The zero-order chi connectivity index (χ0) is 22.3. The predicted octanol–water partition coefficient (Wildman–Crippen LogP) is 4.62. The van der Waals surface area contributed by atoms with E-state index in [1.54, 1.807) is 12.1 Å². The molecular formula is C26H22N2O3S. The average Bonchev–Trinajstić information content (AvgIpc) is 3.18. The summed E-state index contributed by atoms with van der Waals surface area (Å²) < 4.78 is 27.5. The van der Waals surface area contributed by atoms with Gasteiger partial charge in [0.25, 0.3) is 5.56 Å². The Balaban J connectivity index is 1.42. The second-order valence-electron chi connectivity index (χ2n) is 8.14. The summed E-state index contributed by atoms with van der Waals surface area (Å²) in [5, 5.41) is 0.636. The van der Waals surface area contributed by atoms with Crippen LogP contribution in [0.4, 0.5) is 0 Å². The molecule has 1 aliphatic rings. The Hall–Kier alpha value is -3.51. The molecule has 2 heterocycles. The van der Waals surface area contributed by atoms with Crippen molar-refractivity contribution in [2.45, 2.75) is 30.5 Å². The van der Waals surface area contributed by atoms with Crippen LogP contribution in [0.25, 0.3) is 22.6 Å². The summed E-state index contributed by atoms with van der Waals surface area (Å²) in [4.78, 5) is 17.1. The lowest BCUT2D eigenvalue weighted by Crippen LogP contribution is -2.14. The number of aromatic nitrogens is 2. The molecule has 0 fully saturated rings.